The fourth-order valence-electron chi connectivity index (χ4n) is 1.69. The molecule has 0 saturated carbocycles. The van der Waals surface area contributed by atoms with E-state index in [4.69, 9.17) is 12.2 Å². The molecule has 0 saturated heterocycles. The van der Waals surface area contributed by atoms with Crippen molar-refractivity contribution in [3.05, 3.63) is 45.4 Å². The van der Waals surface area contributed by atoms with Crippen molar-refractivity contribution in [3.8, 4) is 5.69 Å². The predicted molar refractivity (Wildman–Crippen MR) is 72.7 cm³/mol. The molecule has 0 spiro atoms. The number of benzene rings is 1. The van der Waals surface area contributed by atoms with E-state index in [1.54, 1.807) is 0 Å². The summed E-state index contributed by atoms with van der Waals surface area (Å²) < 4.78 is 3.87. The first-order chi connectivity index (χ1) is 7.59. The Labute approximate surface area is 108 Å². The van der Waals surface area contributed by atoms with Gasteiger partial charge in [-0.2, -0.15) is 0 Å². The lowest BCUT2D eigenvalue weighted by Gasteiger charge is -2.11. The average molecular weight is 297 g/mol. The van der Waals surface area contributed by atoms with E-state index in [9.17, 15) is 0 Å². The third-order valence-corrected chi connectivity index (χ3v) is 3.26. The number of nitrogens with zero attached hydrogens (tertiary/aromatic N) is 1. The van der Waals surface area contributed by atoms with E-state index in [1.165, 1.54) is 5.69 Å². The van der Waals surface area contributed by atoms with Gasteiger partial charge in [0.1, 0.15) is 0 Å². The number of imidazole rings is 1. The lowest BCUT2D eigenvalue weighted by atomic mass is 10.1. The van der Waals surface area contributed by atoms with Gasteiger partial charge in [0.05, 0.1) is 0 Å². The van der Waals surface area contributed by atoms with Gasteiger partial charge in [-0.05, 0) is 36.3 Å². The van der Waals surface area contributed by atoms with Gasteiger partial charge in [-0.3, -0.25) is 4.57 Å². The molecule has 0 aliphatic heterocycles. The maximum atomic E-state index is 5.31. The van der Waals surface area contributed by atoms with E-state index in [0.717, 1.165) is 14.9 Å². The lowest BCUT2D eigenvalue weighted by molar-refractivity contribution is 0.783. The molecule has 0 bridgehead atoms. The predicted octanol–water partition coefficient (Wildman–Crippen LogP) is 4.42. The molecule has 0 atom stereocenters. The highest BCUT2D eigenvalue weighted by molar-refractivity contribution is 9.10. The van der Waals surface area contributed by atoms with E-state index in [2.05, 4.69) is 51.5 Å². The van der Waals surface area contributed by atoms with Crippen LogP contribution in [0, 0.1) is 4.77 Å². The molecule has 1 aromatic carbocycles. The van der Waals surface area contributed by atoms with Crippen molar-refractivity contribution in [2.45, 2.75) is 19.8 Å². The second-order valence-corrected chi connectivity index (χ2v) is 5.29. The Morgan fingerprint density at radius 2 is 2.12 bits per heavy atom. The Kier molecular flexibility index (Phi) is 3.30. The van der Waals surface area contributed by atoms with E-state index in [-0.39, 0.29) is 0 Å². The minimum atomic E-state index is 0.437. The number of nitrogens with one attached hydrogen (secondary N) is 1. The van der Waals surface area contributed by atoms with Crippen molar-refractivity contribution >= 4 is 28.1 Å². The molecule has 4 heteroatoms. The smallest absolute Gasteiger partial charge is 0.182 e. The molecule has 0 unspecified atom stereocenters. The largest absolute Gasteiger partial charge is 0.337 e. The molecule has 0 fully saturated rings. The minimum Gasteiger partial charge on any atom is -0.337 e. The highest BCUT2D eigenvalue weighted by Gasteiger charge is 2.09. The molecule has 16 heavy (non-hydrogen) atoms. The summed E-state index contributed by atoms with van der Waals surface area (Å²) >= 11 is 8.79. The molecular weight excluding hydrogens is 284 g/mol. The Balaban J connectivity index is 2.63. The third-order valence-electron chi connectivity index (χ3n) is 2.46. The molecule has 0 aliphatic carbocycles. The van der Waals surface area contributed by atoms with Crippen molar-refractivity contribution in [3.63, 3.8) is 0 Å². The maximum Gasteiger partial charge on any atom is 0.182 e. The molecule has 0 aliphatic rings. The van der Waals surface area contributed by atoms with Crippen molar-refractivity contribution in [1.29, 1.82) is 0 Å². The first kappa shape index (κ1) is 11.6. The Bertz CT molecular complexity index is 554. The van der Waals surface area contributed by atoms with Gasteiger partial charge in [-0.15, -0.1) is 0 Å². The van der Waals surface area contributed by atoms with E-state index in [1.807, 2.05) is 18.3 Å². The summed E-state index contributed by atoms with van der Waals surface area (Å²) in [7, 11) is 0. The zero-order valence-corrected chi connectivity index (χ0v) is 11.6. The molecule has 0 amide bonds. The highest BCUT2D eigenvalue weighted by atomic mass is 79.9. The summed E-state index contributed by atoms with van der Waals surface area (Å²) in [6, 6.07) is 8.14. The van der Waals surface area contributed by atoms with Crippen LogP contribution < -0.4 is 0 Å². The molecule has 2 rings (SSSR count). The summed E-state index contributed by atoms with van der Waals surface area (Å²) in [6.45, 7) is 4.32. The van der Waals surface area contributed by atoms with Gasteiger partial charge in [0.2, 0.25) is 0 Å². The molecule has 84 valence electrons. The summed E-state index contributed by atoms with van der Waals surface area (Å²) in [5, 5.41) is 0. The molecule has 1 heterocycles. The Morgan fingerprint density at radius 1 is 1.38 bits per heavy atom. The number of H-pyrrole nitrogens is 1. The SMILES string of the molecule is CC(C)c1c[nH]c(=S)n1-c1cccc(Br)c1. The summed E-state index contributed by atoms with van der Waals surface area (Å²) in [4.78, 5) is 3.10. The van der Waals surface area contributed by atoms with Gasteiger partial charge in [-0.1, -0.05) is 35.8 Å². The first-order valence-corrected chi connectivity index (χ1v) is 6.36. The number of hydrogen-bond acceptors (Lipinski definition) is 1. The van der Waals surface area contributed by atoms with Crippen LogP contribution in [0.4, 0.5) is 0 Å². The number of hydrogen-bond donors (Lipinski definition) is 1. The molecular formula is C12H13BrN2S. The number of halogens is 1. The van der Waals surface area contributed by atoms with Crippen molar-refractivity contribution in [1.82, 2.24) is 9.55 Å². The normalized spacial score (nSPS) is 11.0. The van der Waals surface area contributed by atoms with Crippen LogP contribution in [-0.2, 0) is 0 Å². The maximum absolute atomic E-state index is 5.31. The van der Waals surface area contributed by atoms with Gasteiger partial charge in [0.25, 0.3) is 0 Å². The minimum absolute atomic E-state index is 0.437. The van der Waals surface area contributed by atoms with Crippen molar-refractivity contribution in [2.24, 2.45) is 0 Å². The van der Waals surface area contributed by atoms with Gasteiger partial charge >= 0.3 is 0 Å². The lowest BCUT2D eigenvalue weighted by Crippen LogP contribution is -2.01. The Morgan fingerprint density at radius 3 is 2.75 bits per heavy atom. The van der Waals surface area contributed by atoms with Gasteiger partial charge in [0.15, 0.2) is 4.77 Å². The van der Waals surface area contributed by atoms with Crippen LogP contribution >= 0.6 is 28.1 Å². The van der Waals surface area contributed by atoms with Crippen LogP contribution in [0.2, 0.25) is 0 Å². The van der Waals surface area contributed by atoms with Gasteiger partial charge < -0.3 is 4.98 Å². The topological polar surface area (TPSA) is 20.7 Å². The van der Waals surface area contributed by atoms with Crippen LogP contribution in [0.5, 0.6) is 0 Å². The number of aromatic amines is 1. The molecule has 0 radical (unpaired) electrons. The number of aromatic nitrogens is 2. The van der Waals surface area contributed by atoms with E-state index < -0.39 is 0 Å². The quantitative estimate of drug-likeness (QED) is 0.814. The van der Waals surface area contributed by atoms with Gasteiger partial charge in [-0.25, -0.2) is 0 Å². The van der Waals surface area contributed by atoms with Crippen LogP contribution in [0.25, 0.3) is 5.69 Å². The number of rotatable bonds is 2. The molecule has 2 nitrogen and oxygen atoms in total. The third kappa shape index (κ3) is 2.13. The first-order valence-electron chi connectivity index (χ1n) is 5.16. The average Bonchev–Trinajstić information content (AvgIpc) is 2.60. The fourth-order valence-corrected chi connectivity index (χ4v) is 2.35. The molecule has 1 N–H and O–H groups in total. The van der Waals surface area contributed by atoms with Crippen LogP contribution in [0.3, 0.4) is 0 Å². The van der Waals surface area contributed by atoms with Crippen molar-refractivity contribution < 1.29 is 0 Å². The van der Waals surface area contributed by atoms with Crippen LogP contribution in [0.1, 0.15) is 25.5 Å². The zero-order chi connectivity index (χ0) is 11.7. The fraction of sp³-hybridized carbons (Fsp3) is 0.250. The summed E-state index contributed by atoms with van der Waals surface area (Å²) in [5.41, 5.74) is 2.28. The second kappa shape index (κ2) is 4.55. The van der Waals surface area contributed by atoms with E-state index in [0.29, 0.717) is 5.92 Å². The van der Waals surface area contributed by atoms with Gasteiger partial charge in [0, 0.05) is 22.1 Å². The monoisotopic (exact) mass is 296 g/mol. The van der Waals surface area contributed by atoms with E-state index >= 15 is 0 Å². The van der Waals surface area contributed by atoms with Crippen LogP contribution in [0.15, 0.2) is 34.9 Å². The summed E-state index contributed by atoms with van der Waals surface area (Å²) in [5.74, 6) is 0.437. The summed E-state index contributed by atoms with van der Waals surface area (Å²) in [6.07, 6.45) is 1.98. The zero-order valence-electron chi connectivity index (χ0n) is 9.20. The van der Waals surface area contributed by atoms with Crippen molar-refractivity contribution in [2.75, 3.05) is 0 Å². The standard InChI is InChI=1S/C12H13BrN2S/c1-8(2)11-7-14-12(16)15(11)10-5-3-4-9(13)6-10/h3-8H,1-2H3,(H,14,16). The second-order valence-electron chi connectivity index (χ2n) is 3.99. The molecule has 1 aromatic heterocycles. The molecule has 2 aromatic rings. The highest BCUT2D eigenvalue weighted by Crippen LogP contribution is 2.22. The van der Waals surface area contributed by atoms with Crippen LogP contribution in [-0.4, -0.2) is 9.55 Å². The Hall–Kier alpha value is -0.870.